The predicted molar refractivity (Wildman–Crippen MR) is 87.7 cm³/mol. The molecule has 3 aromatic rings. The van der Waals surface area contributed by atoms with Gasteiger partial charge in [0.25, 0.3) is 0 Å². The van der Waals surface area contributed by atoms with Gasteiger partial charge in [-0.3, -0.25) is 0 Å². The van der Waals surface area contributed by atoms with E-state index in [-0.39, 0.29) is 11.8 Å². The second-order valence-electron chi connectivity index (χ2n) is 4.95. The van der Waals surface area contributed by atoms with Gasteiger partial charge in [-0.15, -0.1) is 11.3 Å². The van der Waals surface area contributed by atoms with E-state index in [0.717, 1.165) is 4.88 Å². The summed E-state index contributed by atoms with van der Waals surface area (Å²) in [7, 11) is 0. The lowest BCUT2D eigenvalue weighted by molar-refractivity contribution is 0.202. The summed E-state index contributed by atoms with van der Waals surface area (Å²) in [4.78, 5) is 15.3. The summed E-state index contributed by atoms with van der Waals surface area (Å²) in [6.45, 7) is 0.837. The first kappa shape index (κ1) is 15.3. The molecule has 0 radical (unpaired) electrons. The van der Waals surface area contributed by atoms with Crippen LogP contribution in [0.1, 0.15) is 10.6 Å². The molecule has 0 atom stereocenters. The van der Waals surface area contributed by atoms with Crippen LogP contribution in [0.4, 0.5) is 14.9 Å². The Bertz CT molecular complexity index is 703. The molecule has 6 heteroatoms. The fourth-order valence-electron chi connectivity index (χ4n) is 2.12. The second kappa shape index (κ2) is 7.11. The fourth-order valence-corrected chi connectivity index (χ4v) is 2.84. The van der Waals surface area contributed by atoms with Crippen molar-refractivity contribution in [1.29, 1.82) is 0 Å². The number of carbonyl (C=O) groups excluding carboxylic acids is 1. The summed E-state index contributed by atoms with van der Waals surface area (Å²) in [6.07, 6.45) is 1.58. The van der Waals surface area contributed by atoms with Crippen molar-refractivity contribution in [1.82, 2.24) is 4.90 Å². The molecule has 0 saturated carbocycles. The predicted octanol–water partition coefficient (Wildman–Crippen LogP) is 4.71. The van der Waals surface area contributed by atoms with Crippen molar-refractivity contribution in [2.24, 2.45) is 0 Å². The molecule has 3 rings (SSSR count). The number of anilines is 1. The Morgan fingerprint density at radius 1 is 1.13 bits per heavy atom. The van der Waals surface area contributed by atoms with Gasteiger partial charge in [0.1, 0.15) is 11.6 Å². The van der Waals surface area contributed by atoms with Crippen LogP contribution < -0.4 is 5.32 Å². The number of urea groups is 1. The minimum atomic E-state index is -0.339. The van der Waals surface area contributed by atoms with Gasteiger partial charge in [-0.2, -0.15) is 0 Å². The lowest BCUT2D eigenvalue weighted by atomic mass is 10.3. The van der Waals surface area contributed by atoms with E-state index in [2.05, 4.69) is 5.32 Å². The number of halogens is 1. The topological polar surface area (TPSA) is 45.5 Å². The SMILES string of the molecule is O=C(Nc1ccc(F)cc1)N(Cc1ccco1)Cc1cccs1. The van der Waals surface area contributed by atoms with E-state index in [1.54, 1.807) is 28.6 Å². The molecular formula is C17H15FN2O2S. The van der Waals surface area contributed by atoms with Crippen molar-refractivity contribution in [2.45, 2.75) is 13.1 Å². The van der Waals surface area contributed by atoms with Gasteiger partial charge in [0.05, 0.1) is 19.4 Å². The van der Waals surface area contributed by atoms with E-state index in [1.165, 1.54) is 24.3 Å². The summed E-state index contributed by atoms with van der Waals surface area (Å²) in [5.74, 6) is 0.366. The Morgan fingerprint density at radius 3 is 2.61 bits per heavy atom. The minimum Gasteiger partial charge on any atom is -0.467 e. The highest BCUT2D eigenvalue weighted by Gasteiger charge is 2.16. The first-order chi connectivity index (χ1) is 11.2. The molecule has 0 fully saturated rings. The molecule has 4 nitrogen and oxygen atoms in total. The Labute approximate surface area is 137 Å². The first-order valence-corrected chi connectivity index (χ1v) is 7.95. The number of furan rings is 1. The molecule has 0 bridgehead atoms. The number of carbonyl (C=O) groups is 1. The Balaban J connectivity index is 1.73. The average Bonchev–Trinajstić information content (AvgIpc) is 3.22. The van der Waals surface area contributed by atoms with Gasteiger partial charge in [0.2, 0.25) is 0 Å². The molecule has 2 amide bonds. The van der Waals surface area contributed by atoms with Crippen LogP contribution in [0.2, 0.25) is 0 Å². The number of hydrogen-bond donors (Lipinski definition) is 1. The zero-order valence-electron chi connectivity index (χ0n) is 12.2. The summed E-state index contributed by atoms with van der Waals surface area (Å²) >= 11 is 1.59. The lowest BCUT2D eigenvalue weighted by Crippen LogP contribution is -2.33. The van der Waals surface area contributed by atoms with E-state index in [4.69, 9.17) is 4.42 Å². The summed E-state index contributed by atoms with van der Waals surface area (Å²) in [5, 5.41) is 4.75. The van der Waals surface area contributed by atoms with E-state index in [9.17, 15) is 9.18 Å². The molecule has 1 aromatic carbocycles. The van der Waals surface area contributed by atoms with Gasteiger partial charge < -0.3 is 14.6 Å². The van der Waals surface area contributed by atoms with Gasteiger partial charge in [-0.25, -0.2) is 9.18 Å². The third kappa shape index (κ3) is 4.20. The van der Waals surface area contributed by atoms with Crippen LogP contribution in [-0.2, 0) is 13.1 Å². The number of rotatable bonds is 5. The fraction of sp³-hybridized carbons (Fsp3) is 0.118. The lowest BCUT2D eigenvalue weighted by Gasteiger charge is -2.21. The molecule has 2 aromatic heterocycles. The van der Waals surface area contributed by atoms with Crippen LogP contribution >= 0.6 is 11.3 Å². The monoisotopic (exact) mass is 330 g/mol. The highest BCUT2D eigenvalue weighted by Crippen LogP contribution is 2.17. The largest absolute Gasteiger partial charge is 0.467 e. The van der Waals surface area contributed by atoms with Gasteiger partial charge in [-0.05, 0) is 47.8 Å². The van der Waals surface area contributed by atoms with Crippen molar-refractivity contribution in [3.05, 3.63) is 76.6 Å². The van der Waals surface area contributed by atoms with Gasteiger partial charge in [0.15, 0.2) is 0 Å². The van der Waals surface area contributed by atoms with Crippen LogP contribution in [0.5, 0.6) is 0 Å². The van der Waals surface area contributed by atoms with Crippen molar-refractivity contribution < 1.29 is 13.6 Å². The Kier molecular flexibility index (Phi) is 4.73. The number of nitrogens with one attached hydrogen (secondary N) is 1. The molecule has 0 saturated heterocycles. The zero-order chi connectivity index (χ0) is 16.1. The quantitative estimate of drug-likeness (QED) is 0.736. The summed E-state index contributed by atoms with van der Waals surface area (Å²) in [5.41, 5.74) is 0.548. The molecule has 23 heavy (non-hydrogen) atoms. The molecule has 1 N–H and O–H groups in total. The van der Waals surface area contributed by atoms with Crippen molar-refractivity contribution >= 4 is 23.1 Å². The average molecular weight is 330 g/mol. The van der Waals surface area contributed by atoms with E-state index >= 15 is 0 Å². The maximum atomic E-state index is 13.0. The maximum absolute atomic E-state index is 13.0. The molecule has 0 spiro atoms. The minimum absolute atomic E-state index is 0.263. The number of benzene rings is 1. The molecule has 118 valence electrons. The molecule has 0 aliphatic carbocycles. The van der Waals surface area contributed by atoms with Gasteiger partial charge in [-0.1, -0.05) is 6.07 Å². The van der Waals surface area contributed by atoms with Crippen LogP contribution in [-0.4, -0.2) is 10.9 Å². The first-order valence-electron chi connectivity index (χ1n) is 7.07. The zero-order valence-corrected chi connectivity index (χ0v) is 13.1. The van der Waals surface area contributed by atoms with Crippen molar-refractivity contribution in [3.8, 4) is 0 Å². The molecule has 0 aliphatic heterocycles. The number of nitrogens with zero attached hydrogens (tertiary/aromatic N) is 1. The highest BCUT2D eigenvalue weighted by atomic mass is 32.1. The highest BCUT2D eigenvalue weighted by molar-refractivity contribution is 7.09. The standard InChI is InChI=1S/C17H15FN2O2S/c18-13-5-7-14(8-6-13)19-17(21)20(11-15-3-1-9-22-15)12-16-4-2-10-23-16/h1-10H,11-12H2,(H,19,21). The third-order valence-electron chi connectivity index (χ3n) is 3.24. The summed E-state index contributed by atoms with van der Waals surface area (Å²) < 4.78 is 18.3. The van der Waals surface area contributed by atoms with Crippen LogP contribution in [0.15, 0.2) is 64.6 Å². The third-order valence-corrected chi connectivity index (χ3v) is 4.10. The van der Waals surface area contributed by atoms with Crippen LogP contribution in [0, 0.1) is 5.82 Å². The number of amides is 2. The van der Waals surface area contributed by atoms with Crippen molar-refractivity contribution in [3.63, 3.8) is 0 Å². The Morgan fingerprint density at radius 2 is 1.96 bits per heavy atom. The van der Waals surface area contributed by atoms with Crippen LogP contribution in [0.3, 0.4) is 0 Å². The summed E-state index contributed by atoms with van der Waals surface area (Å²) in [6, 6.07) is 13.0. The van der Waals surface area contributed by atoms with E-state index < -0.39 is 0 Å². The van der Waals surface area contributed by atoms with E-state index in [1.807, 2.05) is 23.6 Å². The number of thiophene rings is 1. The molecular weight excluding hydrogens is 315 g/mol. The Hall–Kier alpha value is -2.60. The van der Waals surface area contributed by atoms with Crippen molar-refractivity contribution in [2.75, 3.05) is 5.32 Å². The maximum Gasteiger partial charge on any atom is 0.322 e. The van der Waals surface area contributed by atoms with Gasteiger partial charge >= 0.3 is 6.03 Å². The van der Waals surface area contributed by atoms with Crippen LogP contribution in [0.25, 0.3) is 0 Å². The van der Waals surface area contributed by atoms with Gasteiger partial charge in [0, 0.05) is 10.6 Å². The van der Waals surface area contributed by atoms with E-state index in [0.29, 0.717) is 24.5 Å². The molecule has 0 unspecified atom stereocenters. The second-order valence-corrected chi connectivity index (χ2v) is 5.98. The molecule has 0 aliphatic rings. The molecule has 2 heterocycles. The number of hydrogen-bond acceptors (Lipinski definition) is 3. The smallest absolute Gasteiger partial charge is 0.322 e. The normalized spacial score (nSPS) is 10.5.